The van der Waals surface area contributed by atoms with Crippen LogP contribution in [0.15, 0.2) is 103 Å². The second-order valence-electron chi connectivity index (χ2n) is 11.3. The lowest BCUT2D eigenvalue weighted by Crippen LogP contribution is -2.48. The van der Waals surface area contributed by atoms with Crippen molar-refractivity contribution in [2.45, 2.75) is 32.9 Å². The summed E-state index contributed by atoms with van der Waals surface area (Å²) in [5, 5.41) is 4.99. The summed E-state index contributed by atoms with van der Waals surface area (Å²) < 4.78 is 6.27. The maximum absolute atomic E-state index is 13.8. The lowest BCUT2D eigenvalue weighted by atomic mass is 10.1. The Morgan fingerprint density at radius 3 is 2.13 bits per heavy atom. The van der Waals surface area contributed by atoms with E-state index < -0.39 is 0 Å². The van der Waals surface area contributed by atoms with Gasteiger partial charge in [0.1, 0.15) is 23.7 Å². The molecule has 2 atom stereocenters. The summed E-state index contributed by atoms with van der Waals surface area (Å²) in [6.07, 6.45) is 3.46. The summed E-state index contributed by atoms with van der Waals surface area (Å²) in [5.74, 6) is -0.0809. The Morgan fingerprint density at radius 2 is 1.43 bits per heavy atom. The third kappa shape index (κ3) is 7.92. The van der Waals surface area contributed by atoms with E-state index in [2.05, 4.69) is 15.3 Å². The summed E-state index contributed by atoms with van der Waals surface area (Å²) >= 11 is 0. The van der Waals surface area contributed by atoms with E-state index in [1.54, 1.807) is 12.4 Å². The van der Waals surface area contributed by atoms with Gasteiger partial charge < -0.3 is 19.9 Å². The quantitative estimate of drug-likeness (QED) is 0.164. The molecular weight excluding hydrogens is 578 g/mol. The van der Waals surface area contributed by atoms with Gasteiger partial charge in [0, 0.05) is 29.2 Å². The summed E-state index contributed by atoms with van der Waals surface area (Å²) in [4.78, 5) is 51.8. The molecule has 0 radical (unpaired) electrons. The molecule has 5 aromatic rings. The van der Waals surface area contributed by atoms with Gasteiger partial charge in [0.2, 0.25) is 11.8 Å². The first kappa shape index (κ1) is 32.2. The highest BCUT2D eigenvalue weighted by Crippen LogP contribution is 2.31. The van der Waals surface area contributed by atoms with Crippen LogP contribution in [0.1, 0.15) is 44.0 Å². The molecule has 236 valence electrons. The molecule has 2 heterocycles. The largest absolute Gasteiger partial charge is 0.491 e. The second-order valence-corrected chi connectivity index (χ2v) is 11.3. The van der Waals surface area contributed by atoms with Crippen LogP contribution in [-0.4, -0.2) is 70.2 Å². The molecule has 0 unspecified atom stereocenters. The van der Waals surface area contributed by atoms with E-state index in [1.807, 2.05) is 105 Å². The van der Waals surface area contributed by atoms with Crippen molar-refractivity contribution in [2.75, 3.05) is 32.8 Å². The summed E-state index contributed by atoms with van der Waals surface area (Å²) in [7, 11) is 0. The van der Waals surface area contributed by atoms with E-state index in [0.29, 0.717) is 5.75 Å². The predicted octanol–water partition coefficient (Wildman–Crippen LogP) is 5.52. The number of rotatable bonds is 14. The zero-order chi connectivity index (χ0) is 32.5. The number of aromatic nitrogens is 2. The summed E-state index contributed by atoms with van der Waals surface area (Å²) in [6.45, 7) is 5.42. The highest BCUT2D eigenvalue weighted by molar-refractivity contribution is 6.05. The van der Waals surface area contributed by atoms with E-state index in [0.717, 1.165) is 32.9 Å². The fourth-order valence-electron chi connectivity index (χ4n) is 5.48. The van der Waals surface area contributed by atoms with Gasteiger partial charge in [0.15, 0.2) is 0 Å². The van der Waals surface area contributed by atoms with Crippen LogP contribution in [0.25, 0.3) is 21.8 Å². The van der Waals surface area contributed by atoms with E-state index in [-0.39, 0.29) is 62.5 Å². The Labute approximate surface area is 269 Å². The Morgan fingerprint density at radius 1 is 0.783 bits per heavy atom. The molecule has 46 heavy (non-hydrogen) atoms. The molecule has 0 saturated heterocycles. The molecule has 1 N–H and O–H groups in total. The number of ketones is 1. The first-order valence-electron chi connectivity index (χ1n) is 15.5. The third-order valence-corrected chi connectivity index (χ3v) is 8.04. The van der Waals surface area contributed by atoms with Crippen molar-refractivity contribution < 1.29 is 19.1 Å². The molecule has 9 nitrogen and oxygen atoms in total. The minimum Gasteiger partial charge on any atom is -0.491 e. The highest BCUT2D eigenvalue weighted by Gasteiger charge is 2.27. The van der Waals surface area contributed by atoms with Crippen LogP contribution >= 0.6 is 0 Å². The van der Waals surface area contributed by atoms with Gasteiger partial charge in [-0.25, -0.2) is 0 Å². The molecule has 0 aliphatic rings. The van der Waals surface area contributed by atoms with Gasteiger partial charge in [-0.1, -0.05) is 66.7 Å². The molecule has 2 aromatic heterocycles. The van der Waals surface area contributed by atoms with E-state index >= 15 is 0 Å². The van der Waals surface area contributed by atoms with Gasteiger partial charge in [0.25, 0.3) is 0 Å². The molecule has 0 aliphatic carbocycles. The van der Waals surface area contributed by atoms with Crippen LogP contribution in [0.4, 0.5) is 0 Å². The third-order valence-electron chi connectivity index (χ3n) is 8.04. The maximum Gasteiger partial charge on any atom is 0.243 e. The Kier molecular flexibility index (Phi) is 10.7. The molecule has 0 saturated carbocycles. The number of amides is 2. The van der Waals surface area contributed by atoms with Crippen LogP contribution in [0.3, 0.4) is 0 Å². The average molecular weight is 618 g/mol. The van der Waals surface area contributed by atoms with Crippen molar-refractivity contribution in [3.63, 3.8) is 0 Å². The zero-order valence-corrected chi connectivity index (χ0v) is 26.4. The predicted molar refractivity (Wildman–Crippen MR) is 179 cm³/mol. The molecule has 0 fully saturated rings. The van der Waals surface area contributed by atoms with Crippen molar-refractivity contribution in [2.24, 2.45) is 0 Å². The number of carbonyl (C=O) groups excluding carboxylic acids is 3. The monoisotopic (exact) mass is 617 g/mol. The number of nitrogens with one attached hydrogen (secondary N) is 1. The molecule has 3 aromatic carbocycles. The number of pyridine rings is 2. The lowest BCUT2D eigenvalue weighted by molar-refractivity contribution is -0.143. The number of carbonyl (C=O) groups is 3. The van der Waals surface area contributed by atoms with Crippen molar-refractivity contribution >= 4 is 39.4 Å². The van der Waals surface area contributed by atoms with E-state index in [1.165, 1.54) is 16.7 Å². The molecule has 0 aliphatic heterocycles. The molecule has 0 bridgehead atoms. The topological polar surface area (TPSA) is 105 Å². The molecule has 9 heteroatoms. The summed E-state index contributed by atoms with van der Waals surface area (Å²) in [5.41, 5.74) is 3.47. The van der Waals surface area contributed by atoms with Crippen LogP contribution in [0, 0.1) is 0 Å². The Bertz CT molecular complexity index is 1800. The van der Waals surface area contributed by atoms with Crippen molar-refractivity contribution in [1.82, 2.24) is 25.1 Å². The number of nitrogens with zero attached hydrogens (tertiary/aromatic N) is 4. The number of Topliss-reactive ketones (excluding diaryl/α,β-unsaturated/α-hetero) is 1. The minimum atomic E-state index is -0.355. The fraction of sp³-hybridized carbons (Fsp3) is 0.270. The molecule has 2 amide bonds. The SMILES string of the molecule is CC(=O)CN(C(=O)CN(CCOc1cc2cccnc2c2ncccc12)C(=O)CN[C@@H](C)c1ccccc1)[C@@H](C)c1ccccc1. The zero-order valence-electron chi connectivity index (χ0n) is 26.4. The lowest BCUT2D eigenvalue weighted by Gasteiger charge is -2.32. The minimum absolute atomic E-state index is 0.0266. The van der Waals surface area contributed by atoms with Gasteiger partial charge in [-0.2, -0.15) is 0 Å². The first-order valence-corrected chi connectivity index (χ1v) is 15.5. The standard InChI is InChI=1S/C37H39N5O4/c1-26(43)24-42(28(3)30-14-8-5-9-15-30)35(45)25-41(34(44)23-40-27(2)29-12-6-4-7-13-29)20-21-46-33-22-31-16-10-18-38-36(31)37-32(33)17-11-19-39-37/h4-19,22,27-28,40H,20-21,23-25H2,1-3H3/t27-,28-/m0/s1. The number of benzene rings is 3. The van der Waals surface area contributed by atoms with Gasteiger partial charge in [0.05, 0.1) is 37.7 Å². The first-order chi connectivity index (χ1) is 22.3. The van der Waals surface area contributed by atoms with Crippen molar-refractivity contribution in [1.29, 1.82) is 0 Å². The average Bonchev–Trinajstić information content (AvgIpc) is 3.09. The summed E-state index contributed by atoms with van der Waals surface area (Å²) in [6, 6.07) is 28.5. The second kappa shape index (κ2) is 15.2. The number of ether oxygens (including phenoxy) is 1. The molecular formula is C37H39N5O4. The Hall–Kier alpha value is -5.15. The van der Waals surface area contributed by atoms with Crippen LogP contribution in [0.5, 0.6) is 5.75 Å². The van der Waals surface area contributed by atoms with E-state index in [4.69, 9.17) is 4.74 Å². The number of hydrogen-bond acceptors (Lipinski definition) is 7. The number of fused-ring (bicyclic) bond motifs is 3. The maximum atomic E-state index is 13.8. The normalized spacial score (nSPS) is 12.4. The fourth-order valence-corrected chi connectivity index (χ4v) is 5.48. The van der Waals surface area contributed by atoms with Crippen LogP contribution in [-0.2, 0) is 14.4 Å². The Balaban J connectivity index is 1.35. The molecule has 5 rings (SSSR count). The van der Waals surface area contributed by atoms with E-state index in [9.17, 15) is 14.4 Å². The van der Waals surface area contributed by atoms with Crippen LogP contribution < -0.4 is 10.1 Å². The van der Waals surface area contributed by atoms with Crippen LogP contribution in [0.2, 0.25) is 0 Å². The number of hydrogen-bond donors (Lipinski definition) is 1. The molecule has 0 spiro atoms. The van der Waals surface area contributed by atoms with Gasteiger partial charge >= 0.3 is 0 Å². The van der Waals surface area contributed by atoms with Crippen molar-refractivity contribution in [3.05, 3.63) is 115 Å². The van der Waals surface area contributed by atoms with Gasteiger partial charge in [-0.05, 0) is 56.2 Å². The highest BCUT2D eigenvalue weighted by atomic mass is 16.5. The smallest absolute Gasteiger partial charge is 0.243 e. The van der Waals surface area contributed by atoms with Crippen molar-refractivity contribution in [3.8, 4) is 5.75 Å². The van der Waals surface area contributed by atoms with Gasteiger partial charge in [-0.15, -0.1) is 0 Å². The van der Waals surface area contributed by atoms with Gasteiger partial charge in [-0.3, -0.25) is 24.4 Å².